The van der Waals surface area contributed by atoms with Crippen molar-refractivity contribution in [2.24, 2.45) is 5.92 Å². The number of fused-ring (bicyclic) bond motifs is 1. The molecule has 1 unspecified atom stereocenters. The van der Waals surface area contributed by atoms with Crippen LogP contribution in [0.4, 0.5) is 5.82 Å². The Kier molecular flexibility index (Phi) is 2.98. The highest BCUT2D eigenvalue weighted by Crippen LogP contribution is 2.20. The molecule has 0 radical (unpaired) electrons. The van der Waals surface area contributed by atoms with Crippen LogP contribution in [0.2, 0.25) is 0 Å². The molecule has 1 aromatic rings. The van der Waals surface area contributed by atoms with Crippen LogP contribution in [0.5, 0.6) is 0 Å². The van der Waals surface area contributed by atoms with Gasteiger partial charge in [-0.15, -0.1) is 0 Å². The average molecular weight is 207 g/mol. The Morgan fingerprint density at radius 1 is 1.60 bits per heavy atom. The summed E-state index contributed by atoms with van der Waals surface area (Å²) in [6, 6.07) is 2.80. The number of nitrogens with zero attached hydrogens (tertiary/aromatic N) is 2. The SMILES string of the molecule is CC(C)CCc1cc2n(n1)CCC(C)N2. The average Bonchev–Trinajstić information content (AvgIpc) is 2.56. The van der Waals surface area contributed by atoms with Gasteiger partial charge < -0.3 is 5.32 Å². The highest BCUT2D eigenvalue weighted by Gasteiger charge is 2.15. The van der Waals surface area contributed by atoms with Gasteiger partial charge in [-0.05, 0) is 32.1 Å². The molecule has 2 heterocycles. The van der Waals surface area contributed by atoms with Crippen LogP contribution >= 0.6 is 0 Å². The number of hydrogen-bond acceptors (Lipinski definition) is 2. The molecule has 0 amide bonds. The summed E-state index contributed by atoms with van der Waals surface area (Å²) in [5.41, 5.74) is 1.24. The fraction of sp³-hybridized carbons (Fsp3) is 0.750. The first-order chi connectivity index (χ1) is 7.15. The van der Waals surface area contributed by atoms with Crippen LogP contribution < -0.4 is 5.32 Å². The summed E-state index contributed by atoms with van der Waals surface area (Å²) in [4.78, 5) is 0. The van der Waals surface area contributed by atoms with E-state index in [0.717, 1.165) is 18.9 Å². The maximum Gasteiger partial charge on any atom is 0.124 e. The zero-order valence-corrected chi connectivity index (χ0v) is 9.95. The van der Waals surface area contributed by atoms with Crippen LogP contribution in [0.15, 0.2) is 6.07 Å². The van der Waals surface area contributed by atoms with E-state index in [-0.39, 0.29) is 0 Å². The molecule has 0 fully saturated rings. The maximum atomic E-state index is 4.61. The minimum absolute atomic E-state index is 0.590. The number of aryl methyl sites for hydroxylation is 2. The molecule has 0 spiro atoms. The molecule has 0 bridgehead atoms. The maximum absolute atomic E-state index is 4.61. The van der Waals surface area contributed by atoms with E-state index >= 15 is 0 Å². The van der Waals surface area contributed by atoms with Crippen LogP contribution in [-0.4, -0.2) is 15.8 Å². The summed E-state index contributed by atoms with van der Waals surface area (Å²) < 4.78 is 2.11. The monoisotopic (exact) mass is 207 g/mol. The van der Waals surface area contributed by atoms with Crippen molar-refractivity contribution in [3.8, 4) is 0 Å². The van der Waals surface area contributed by atoms with Crippen molar-refractivity contribution >= 4 is 5.82 Å². The normalized spacial score (nSPS) is 20.1. The summed E-state index contributed by atoms with van der Waals surface area (Å²) in [6.07, 6.45) is 3.51. The molecule has 0 aliphatic carbocycles. The van der Waals surface area contributed by atoms with Gasteiger partial charge in [-0.25, -0.2) is 4.68 Å². The predicted octanol–water partition coefficient (Wildman–Crippen LogP) is 2.68. The molecule has 84 valence electrons. The van der Waals surface area contributed by atoms with Crippen molar-refractivity contribution in [3.05, 3.63) is 11.8 Å². The highest BCUT2D eigenvalue weighted by atomic mass is 15.3. The van der Waals surface area contributed by atoms with Gasteiger partial charge in [0.25, 0.3) is 0 Å². The quantitative estimate of drug-likeness (QED) is 0.826. The Bertz CT molecular complexity index is 328. The fourth-order valence-electron chi connectivity index (χ4n) is 1.96. The van der Waals surface area contributed by atoms with E-state index in [2.05, 4.69) is 41.9 Å². The molecule has 1 aromatic heterocycles. The lowest BCUT2D eigenvalue weighted by molar-refractivity contribution is 0.504. The van der Waals surface area contributed by atoms with Crippen LogP contribution in [0.25, 0.3) is 0 Å². The van der Waals surface area contributed by atoms with Gasteiger partial charge >= 0.3 is 0 Å². The molecule has 1 aliphatic rings. The van der Waals surface area contributed by atoms with Crippen molar-refractivity contribution in [1.82, 2.24) is 9.78 Å². The van der Waals surface area contributed by atoms with Gasteiger partial charge in [-0.2, -0.15) is 5.10 Å². The van der Waals surface area contributed by atoms with Crippen molar-refractivity contribution in [3.63, 3.8) is 0 Å². The van der Waals surface area contributed by atoms with E-state index in [1.807, 2.05) is 0 Å². The predicted molar refractivity (Wildman–Crippen MR) is 63.1 cm³/mol. The molecule has 3 nitrogen and oxygen atoms in total. The third-order valence-electron chi connectivity index (χ3n) is 2.98. The molecule has 1 N–H and O–H groups in total. The lowest BCUT2D eigenvalue weighted by Crippen LogP contribution is -2.25. The van der Waals surface area contributed by atoms with Gasteiger partial charge in [0.1, 0.15) is 5.82 Å². The Morgan fingerprint density at radius 2 is 2.40 bits per heavy atom. The van der Waals surface area contributed by atoms with E-state index in [0.29, 0.717) is 6.04 Å². The largest absolute Gasteiger partial charge is 0.368 e. The van der Waals surface area contributed by atoms with Crippen LogP contribution in [0, 0.1) is 5.92 Å². The number of nitrogens with one attached hydrogen (secondary N) is 1. The summed E-state index contributed by atoms with van der Waals surface area (Å²) >= 11 is 0. The van der Waals surface area contributed by atoms with Gasteiger partial charge in [0.15, 0.2) is 0 Å². The van der Waals surface area contributed by atoms with Crippen LogP contribution in [0.3, 0.4) is 0 Å². The van der Waals surface area contributed by atoms with Crippen LogP contribution in [0.1, 0.15) is 39.3 Å². The molecule has 15 heavy (non-hydrogen) atoms. The number of aromatic nitrogens is 2. The van der Waals surface area contributed by atoms with Gasteiger partial charge in [-0.1, -0.05) is 13.8 Å². The minimum atomic E-state index is 0.590. The van der Waals surface area contributed by atoms with E-state index in [1.54, 1.807) is 0 Å². The molecule has 1 aliphatic heterocycles. The smallest absolute Gasteiger partial charge is 0.124 e. The highest BCUT2D eigenvalue weighted by molar-refractivity contribution is 5.39. The van der Waals surface area contributed by atoms with Crippen molar-refractivity contribution in [2.75, 3.05) is 5.32 Å². The second kappa shape index (κ2) is 4.25. The summed E-state index contributed by atoms with van der Waals surface area (Å²) in [5.74, 6) is 1.96. The molecule has 1 atom stereocenters. The fourth-order valence-corrected chi connectivity index (χ4v) is 1.96. The van der Waals surface area contributed by atoms with E-state index in [4.69, 9.17) is 0 Å². The second-order valence-corrected chi connectivity index (χ2v) is 5.01. The first-order valence-corrected chi connectivity index (χ1v) is 5.98. The molecular formula is C12H21N3. The third kappa shape index (κ3) is 2.52. The Labute approximate surface area is 91.9 Å². The van der Waals surface area contributed by atoms with Gasteiger partial charge in [0.05, 0.1) is 5.69 Å². The van der Waals surface area contributed by atoms with Gasteiger partial charge in [-0.3, -0.25) is 0 Å². The number of hydrogen-bond donors (Lipinski definition) is 1. The van der Waals surface area contributed by atoms with E-state index in [9.17, 15) is 0 Å². The number of rotatable bonds is 3. The van der Waals surface area contributed by atoms with E-state index < -0.39 is 0 Å². The molecular weight excluding hydrogens is 186 g/mol. The van der Waals surface area contributed by atoms with Gasteiger partial charge in [0.2, 0.25) is 0 Å². The number of anilines is 1. The van der Waals surface area contributed by atoms with Gasteiger partial charge in [0, 0.05) is 18.7 Å². The summed E-state index contributed by atoms with van der Waals surface area (Å²) in [7, 11) is 0. The Hall–Kier alpha value is -0.990. The molecule has 2 rings (SSSR count). The second-order valence-electron chi connectivity index (χ2n) is 5.01. The van der Waals surface area contributed by atoms with Crippen molar-refractivity contribution < 1.29 is 0 Å². The zero-order valence-electron chi connectivity index (χ0n) is 9.95. The van der Waals surface area contributed by atoms with E-state index in [1.165, 1.54) is 24.4 Å². The van der Waals surface area contributed by atoms with Crippen LogP contribution in [-0.2, 0) is 13.0 Å². The van der Waals surface area contributed by atoms with Crippen molar-refractivity contribution in [2.45, 2.75) is 52.6 Å². The zero-order chi connectivity index (χ0) is 10.8. The Morgan fingerprint density at radius 3 is 3.13 bits per heavy atom. The molecule has 0 aromatic carbocycles. The third-order valence-corrected chi connectivity index (χ3v) is 2.98. The summed E-state index contributed by atoms with van der Waals surface area (Å²) in [6.45, 7) is 7.81. The van der Waals surface area contributed by atoms with Crippen molar-refractivity contribution in [1.29, 1.82) is 0 Å². The summed E-state index contributed by atoms with van der Waals surface area (Å²) in [5, 5.41) is 8.08. The lowest BCUT2D eigenvalue weighted by atomic mass is 10.1. The topological polar surface area (TPSA) is 29.9 Å². The standard InChI is InChI=1S/C12H21N3/c1-9(2)4-5-11-8-12-13-10(3)6-7-15(12)14-11/h8-10,13H,4-7H2,1-3H3. The Balaban J connectivity index is 2.03. The first-order valence-electron chi connectivity index (χ1n) is 5.98. The molecule has 3 heteroatoms. The lowest BCUT2D eigenvalue weighted by Gasteiger charge is -2.21. The first kappa shape index (κ1) is 10.5. The molecule has 0 saturated heterocycles. The minimum Gasteiger partial charge on any atom is -0.368 e. The molecule has 0 saturated carbocycles.